The van der Waals surface area contributed by atoms with Crippen LogP contribution < -0.4 is 4.74 Å². The van der Waals surface area contributed by atoms with Crippen molar-refractivity contribution >= 4 is 11.6 Å². The summed E-state index contributed by atoms with van der Waals surface area (Å²) < 4.78 is 6.72. The van der Waals surface area contributed by atoms with Crippen LogP contribution in [-0.2, 0) is 7.05 Å². The first kappa shape index (κ1) is 12.6. The number of benzene rings is 1. The Hall–Kier alpha value is -2.41. The van der Waals surface area contributed by atoms with Crippen LogP contribution in [0.5, 0.6) is 5.75 Å². The first-order valence-corrected chi connectivity index (χ1v) is 6.19. The molecule has 0 atom stereocenters. The van der Waals surface area contributed by atoms with Crippen molar-refractivity contribution in [2.75, 3.05) is 7.11 Å². The van der Waals surface area contributed by atoms with Crippen LogP contribution >= 0.6 is 11.6 Å². The molecule has 8 heteroatoms. The first-order chi connectivity index (χ1) is 9.69. The Kier molecular flexibility index (Phi) is 3.11. The van der Waals surface area contributed by atoms with Crippen molar-refractivity contribution in [3.63, 3.8) is 0 Å². The molecule has 0 unspecified atom stereocenters. The Balaban J connectivity index is 2.01. The number of ether oxygens (including phenoxy) is 1. The van der Waals surface area contributed by atoms with Crippen LogP contribution in [0.2, 0.25) is 5.15 Å². The monoisotopic (exact) mass is 290 g/mol. The second-order valence-corrected chi connectivity index (χ2v) is 4.42. The molecule has 0 aliphatic heterocycles. The number of aromatic nitrogens is 6. The smallest absolute Gasteiger partial charge is 0.209 e. The van der Waals surface area contributed by atoms with Crippen LogP contribution in [0.4, 0.5) is 0 Å². The molecule has 2 heterocycles. The van der Waals surface area contributed by atoms with E-state index in [0.717, 1.165) is 11.4 Å². The Bertz CT molecular complexity index is 733. The Morgan fingerprint density at radius 2 is 1.95 bits per heavy atom. The lowest BCUT2D eigenvalue weighted by molar-refractivity contribution is 0.414. The van der Waals surface area contributed by atoms with Gasteiger partial charge in [0.1, 0.15) is 10.9 Å². The van der Waals surface area contributed by atoms with Gasteiger partial charge in [-0.1, -0.05) is 11.6 Å². The minimum atomic E-state index is 0.433. The predicted molar refractivity (Wildman–Crippen MR) is 72.9 cm³/mol. The molecular formula is C12H11ClN6O. The number of hydrogen-bond acceptors (Lipinski definition) is 5. The third kappa shape index (κ3) is 2.12. The Morgan fingerprint density at radius 3 is 2.55 bits per heavy atom. The van der Waals surface area contributed by atoms with E-state index in [1.54, 1.807) is 25.0 Å². The highest BCUT2D eigenvalue weighted by Gasteiger charge is 2.15. The maximum absolute atomic E-state index is 6.33. The van der Waals surface area contributed by atoms with Gasteiger partial charge in [-0.3, -0.25) is 0 Å². The molecular weight excluding hydrogens is 280 g/mol. The number of hydrogen-bond donors (Lipinski definition) is 0. The van der Waals surface area contributed by atoms with Gasteiger partial charge in [0.2, 0.25) is 5.82 Å². The average molecular weight is 291 g/mol. The number of nitrogens with zero attached hydrogens (tertiary/aromatic N) is 6. The molecule has 3 rings (SSSR count). The summed E-state index contributed by atoms with van der Waals surface area (Å²) in [5.41, 5.74) is 1.46. The quantitative estimate of drug-likeness (QED) is 0.734. The molecule has 0 saturated heterocycles. The van der Waals surface area contributed by atoms with E-state index in [1.807, 2.05) is 24.3 Å². The summed E-state index contributed by atoms with van der Waals surface area (Å²) in [5, 5.41) is 16.5. The van der Waals surface area contributed by atoms with Crippen molar-refractivity contribution in [2.24, 2.45) is 7.05 Å². The molecule has 0 spiro atoms. The molecule has 0 saturated carbocycles. The molecule has 20 heavy (non-hydrogen) atoms. The standard InChI is InChI=1S/C12H11ClN6O/c1-18-16-12(15-17-18)10-7-14-19(11(10)13)8-3-5-9(20-2)6-4-8/h3-7H,1-2H3. The van der Waals surface area contributed by atoms with Gasteiger partial charge in [0, 0.05) is 0 Å². The van der Waals surface area contributed by atoms with Crippen molar-refractivity contribution < 1.29 is 4.74 Å². The van der Waals surface area contributed by atoms with Crippen LogP contribution in [-0.4, -0.2) is 37.1 Å². The molecule has 102 valence electrons. The van der Waals surface area contributed by atoms with Crippen molar-refractivity contribution in [3.8, 4) is 22.8 Å². The van der Waals surface area contributed by atoms with E-state index in [0.29, 0.717) is 16.5 Å². The molecule has 2 aromatic heterocycles. The largest absolute Gasteiger partial charge is 0.497 e. The van der Waals surface area contributed by atoms with E-state index in [4.69, 9.17) is 16.3 Å². The molecule has 0 aliphatic carbocycles. The number of tetrazole rings is 1. The third-order valence-corrected chi connectivity index (χ3v) is 3.14. The van der Waals surface area contributed by atoms with E-state index < -0.39 is 0 Å². The van der Waals surface area contributed by atoms with Crippen molar-refractivity contribution in [1.82, 2.24) is 30.0 Å². The van der Waals surface area contributed by atoms with Gasteiger partial charge < -0.3 is 4.74 Å². The Labute approximate surface area is 119 Å². The summed E-state index contributed by atoms with van der Waals surface area (Å²) in [4.78, 5) is 1.37. The lowest BCUT2D eigenvalue weighted by Crippen LogP contribution is -1.96. The number of methoxy groups -OCH3 is 1. The van der Waals surface area contributed by atoms with Gasteiger partial charge in [-0.05, 0) is 29.5 Å². The van der Waals surface area contributed by atoms with Crippen LogP contribution in [0.25, 0.3) is 17.1 Å². The highest BCUT2D eigenvalue weighted by atomic mass is 35.5. The van der Waals surface area contributed by atoms with Gasteiger partial charge in [-0.2, -0.15) is 9.90 Å². The summed E-state index contributed by atoms with van der Waals surface area (Å²) in [6.45, 7) is 0. The molecule has 7 nitrogen and oxygen atoms in total. The van der Waals surface area contributed by atoms with Crippen molar-refractivity contribution in [3.05, 3.63) is 35.6 Å². The van der Waals surface area contributed by atoms with Gasteiger partial charge in [-0.15, -0.1) is 10.2 Å². The molecule has 0 bridgehead atoms. The minimum absolute atomic E-state index is 0.433. The molecule has 3 aromatic rings. The average Bonchev–Trinajstić information content (AvgIpc) is 3.05. The molecule has 0 aliphatic rings. The molecule has 1 aromatic carbocycles. The maximum Gasteiger partial charge on any atom is 0.209 e. The summed E-state index contributed by atoms with van der Waals surface area (Å²) >= 11 is 6.33. The normalized spacial score (nSPS) is 10.8. The summed E-state index contributed by atoms with van der Waals surface area (Å²) in [6.07, 6.45) is 1.61. The first-order valence-electron chi connectivity index (χ1n) is 5.81. The highest BCUT2D eigenvalue weighted by Crippen LogP contribution is 2.27. The molecule has 0 fully saturated rings. The van der Waals surface area contributed by atoms with Crippen LogP contribution in [0.15, 0.2) is 30.5 Å². The lowest BCUT2D eigenvalue weighted by atomic mass is 10.3. The minimum Gasteiger partial charge on any atom is -0.497 e. The molecule has 0 N–H and O–H groups in total. The number of rotatable bonds is 3. The summed E-state index contributed by atoms with van der Waals surface area (Å²) in [7, 11) is 3.31. The Morgan fingerprint density at radius 1 is 1.20 bits per heavy atom. The van der Waals surface area contributed by atoms with E-state index in [2.05, 4.69) is 20.5 Å². The van der Waals surface area contributed by atoms with Crippen LogP contribution in [0.3, 0.4) is 0 Å². The zero-order valence-electron chi connectivity index (χ0n) is 10.9. The second kappa shape index (κ2) is 4.93. The lowest BCUT2D eigenvalue weighted by Gasteiger charge is -2.04. The van der Waals surface area contributed by atoms with Gasteiger partial charge in [0.05, 0.1) is 31.6 Å². The van der Waals surface area contributed by atoms with E-state index >= 15 is 0 Å². The predicted octanol–water partition coefficient (Wildman–Crippen LogP) is 1.72. The van der Waals surface area contributed by atoms with Gasteiger partial charge in [-0.25, -0.2) is 4.68 Å². The maximum atomic E-state index is 6.33. The molecule has 0 amide bonds. The van der Waals surface area contributed by atoms with E-state index in [-0.39, 0.29) is 0 Å². The highest BCUT2D eigenvalue weighted by molar-refractivity contribution is 6.32. The van der Waals surface area contributed by atoms with Gasteiger partial charge in [0.15, 0.2) is 0 Å². The second-order valence-electron chi connectivity index (χ2n) is 4.06. The zero-order valence-corrected chi connectivity index (χ0v) is 11.6. The number of halogens is 1. The van der Waals surface area contributed by atoms with E-state index in [9.17, 15) is 0 Å². The third-order valence-electron chi connectivity index (χ3n) is 2.78. The summed E-state index contributed by atoms with van der Waals surface area (Å²) in [5.74, 6) is 1.21. The topological polar surface area (TPSA) is 70.7 Å². The van der Waals surface area contributed by atoms with Crippen molar-refractivity contribution in [2.45, 2.75) is 0 Å². The van der Waals surface area contributed by atoms with Crippen molar-refractivity contribution in [1.29, 1.82) is 0 Å². The SMILES string of the molecule is COc1ccc(-n2ncc(-c3nnn(C)n3)c2Cl)cc1. The fraction of sp³-hybridized carbons (Fsp3) is 0.167. The zero-order chi connectivity index (χ0) is 14.1. The molecule has 0 radical (unpaired) electrons. The number of aryl methyl sites for hydroxylation is 1. The fourth-order valence-corrected chi connectivity index (χ4v) is 2.05. The van der Waals surface area contributed by atoms with Crippen LogP contribution in [0, 0.1) is 0 Å². The van der Waals surface area contributed by atoms with E-state index in [1.165, 1.54) is 4.80 Å². The van der Waals surface area contributed by atoms with Crippen LogP contribution in [0.1, 0.15) is 0 Å². The van der Waals surface area contributed by atoms with Gasteiger partial charge >= 0.3 is 0 Å². The van der Waals surface area contributed by atoms with Gasteiger partial charge in [0.25, 0.3) is 0 Å². The summed E-state index contributed by atoms with van der Waals surface area (Å²) in [6, 6.07) is 7.42. The fourth-order valence-electron chi connectivity index (χ4n) is 1.78.